The molecule has 3 N–H and O–H groups in total. The smallest absolute Gasteiger partial charge is 0.120 e. The maximum Gasteiger partial charge on any atom is 0.120 e. The third-order valence-electron chi connectivity index (χ3n) is 2.66. The Morgan fingerprint density at radius 3 is 2.53 bits per heavy atom. The van der Waals surface area contributed by atoms with Gasteiger partial charge in [0, 0.05) is 5.56 Å². The molecule has 0 saturated carbocycles. The van der Waals surface area contributed by atoms with Gasteiger partial charge >= 0.3 is 0 Å². The lowest BCUT2D eigenvalue weighted by atomic mass is 9.97. The van der Waals surface area contributed by atoms with Crippen LogP contribution in [0.3, 0.4) is 0 Å². The first kappa shape index (κ1) is 11.4. The first-order chi connectivity index (χ1) is 8.15. The van der Waals surface area contributed by atoms with Crippen molar-refractivity contribution in [3.8, 4) is 17.2 Å². The quantitative estimate of drug-likeness (QED) is 0.754. The highest BCUT2D eigenvalue weighted by Gasteiger charge is 2.12. The molecule has 0 atom stereocenters. The number of anilines is 1. The third kappa shape index (κ3) is 1.93. The van der Waals surface area contributed by atoms with Gasteiger partial charge in [-0.05, 0) is 18.1 Å². The summed E-state index contributed by atoms with van der Waals surface area (Å²) >= 11 is 5.19. The number of aromatic nitrogens is 1. The number of pyridine rings is 1. The predicted octanol–water partition coefficient (Wildman–Crippen LogP) is 3.17. The number of nitrogen functional groups attached to an aromatic ring is 1. The van der Waals surface area contributed by atoms with E-state index in [0.29, 0.717) is 16.0 Å². The summed E-state index contributed by atoms with van der Waals surface area (Å²) in [5.41, 5.74) is 8.88. The van der Waals surface area contributed by atoms with Crippen molar-refractivity contribution in [1.29, 1.82) is 5.26 Å². The minimum absolute atomic E-state index is 0.321. The van der Waals surface area contributed by atoms with Gasteiger partial charge in [-0.25, -0.2) is 0 Å². The van der Waals surface area contributed by atoms with Crippen molar-refractivity contribution in [2.24, 2.45) is 0 Å². The van der Waals surface area contributed by atoms with Crippen LogP contribution in [0.5, 0.6) is 0 Å². The predicted molar refractivity (Wildman–Crippen MR) is 70.9 cm³/mol. The molecule has 0 aliphatic rings. The van der Waals surface area contributed by atoms with Crippen molar-refractivity contribution in [2.45, 2.75) is 6.92 Å². The van der Waals surface area contributed by atoms with Gasteiger partial charge in [-0.2, -0.15) is 5.26 Å². The Labute approximate surface area is 105 Å². The van der Waals surface area contributed by atoms with Crippen LogP contribution in [-0.4, -0.2) is 4.98 Å². The fourth-order valence-electron chi connectivity index (χ4n) is 1.80. The number of H-pyrrole nitrogens is 1. The van der Waals surface area contributed by atoms with Gasteiger partial charge in [-0.3, -0.25) is 0 Å². The molecule has 4 heteroatoms. The van der Waals surface area contributed by atoms with Gasteiger partial charge in [-0.1, -0.05) is 42.5 Å². The van der Waals surface area contributed by atoms with Gasteiger partial charge < -0.3 is 10.7 Å². The lowest BCUT2D eigenvalue weighted by Crippen LogP contribution is -2.00. The fourth-order valence-corrected chi connectivity index (χ4v) is 2.01. The average Bonchev–Trinajstić information content (AvgIpc) is 2.34. The zero-order valence-corrected chi connectivity index (χ0v) is 10.1. The van der Waals surface area contributed by atoms with Gasteiger partial charge in [0.1, 0.15) is 22.1 Å². The monoisotopic (exact) mass is 241 g/mol. The van der Waals surface area contributed by atoms with E-state index in [9.17, 15) is 5.26 Å². The number of hydrogen-bond donors (Lipinski definition) is 2. The lowest BCUT2D eigenvalue weighted by molar-refractivity contribution is 1.23. The molecule has 2 rings (SSSR count). The molecule has 0 aliphatic carbocycles. The molecule has 3 nitrogen and oxygen atoms in total. The number of nitrogens with zero attached hydrogens (tertiary/aromatic N) is 1. The van der Waals surface area contributed by atoms with Crippen molar-refractivity contribution >= 4 is 18.0 Å². The molecule has 17 heavy (non-hydrogen) atoms. The Balaban J connectivity index is 2.86. The van der Waals surface area contributed by atoms with Crippen molar-refractivity contribution in [3.63, 3.8) is 0 Å². The van der Waals surface area contributed by atoms with E-state index in [1.807, 2.05) is 37.3 Å². The second-order valence-electron chi connectivity index (χ2n) is 3.72. The van der Waals surface area contributed by atoms with Gasteiger partial charge in [0.15, 0.2) is 0 Å². The SMILES string of the molecule is Cc1c(-c2ccccc2)c(C#N)c(N)[nH]c1=S. The standard InChI is InChI=1S/C13H11N3S/c1-8-11(9-5-3-2-4-6-9)10(7-14)12(15)16-13(8)17/h2-6H,1H3,(H3,15,16,17). The molecule has 0 radical (unpaired) electrons. The number of hydrogen-bond acceptors (Lipinski definition) is 3. The molecule has 0 saturated heterocycles. The number of benzene rings is 1. The van der Waals surface area contributed by atoms with E-state index in [1.54, 1.807) is 0 Å². The van der Waals surface area contributed by atoms with Crippen LogP contribution < -0.4 is 5.73 Å². The summed E-state index contributed by atoms with van der Waals surface area (Å²) in [5.74, 6) is 0.321. The maximum atomic E-state index is 9.19. The largest absolute Gasteiger partial charge is 0.384 e. The molecule has 0 aliphatic heterocycles. The van der Waals surface area contributed by atoms with Crippen LogP contribution in [0.1, 0.15) is 11.1 Å². The summed E-state index contributed by atoms with van der Waals surface area (Å²) in [4.78, 5) is 2.84. The summed E-state index contributed by atoms with van der Waals surface area (Å²) < 4.78 is 0.570. The third-order valence-corrected chi connectivity index (χ3v) is 3.07. The Bertz CT molecular complexity index is 651. The number of nitrogens with one attached hydrogen (secondary N) is 1. The van der Waals surface area contributed by atoms with Crippen molar-refractivity contribution in [3.05, 3.63) is 46.1 Å². The van der Waals surface area contributed by atoms with Gasteiger partial charge in [-0.15, -0.1) is 0 Å². The van der Waals surface area contributed by atoms with E-state index in [0.717, 1.165) is 16.7 Å². The first-order valence-corrected chi connectivity index (χ1v) is 5.54. The second kappa shape index (κ2) is 4.40. The highest BCUT2D eigenvalue weighted by molar-refractivity contribution is 7.71. The Morgan fingerprint density at radius 1 is 1.29 bits per heavy atom. The summed E-state index contributed by atoms with van der Waals surface area (Å²) in [6.45, 7) is 1.89. The van der Waals surface area contributed by atoms with Gasteiger partial charge in [0.2, 0.25) is 0 Å². The fraction of sp³-hybridized carbons (Fsp3) is 0.0769. The molecule has 84 valence electrons. The molecular weight excluding hydrogens is 230 g/mol. The van der Waals surface area contributed by atoms with Crippen LogP contribution in [0.4, 0.5) is 5.82 Å². The van der Waals surface area contributed by atoms with Crippen LogP contribution in [0.25, 0.3) is 11.1 Å². The van der Waals surface area contributed by atoms with E-state index in [-0.39, 0.29) is 0 Å². The summed E-state index contributed by atoms with van der Waals surface area (Å²) in [5, 5.41) is 9.19. The highest BCUT2D eigenvalue weighted by Crippen LogP contribution is 2.29. The Hall–Kier alpha value is -2.12. The number of nitrogens with two attached hydrogens (primary N) is 1. The summed E-state index contributed by atoms with van der Waals surface area (Å²) in [6, 6.07) is 11.8. The average molecular weight is 241 g/mol. The van der Waals surface area contributed by atoms with Crippen LogP contribution in [0.15, 0.2) is 30.3 Å². The molecular formula is C13H11N3S. The Kier molecular flexibility index (Phi) is 2.94. The molecule has 1 heterocycles. The topological polar surface area (TPSA) is 65.6 Å². The molecule has 0 amide bonds. The molecule has 1 aromatic carbocycles. The summed E-state index contributed by atoms with van der Waals surface area (Å²) in [7, 11) is 0. The van der Waals surface area contributed by atoms with Gasteiger partial charge in [0.05, 0.1) is 0 Å². The Morgan fingerprint density at radius 2 is 1.94 bits per heavy atom. The second-order valence-corrected chi connectivity index (χ2v) is 4.13. The van der Waals surface area contributed by atoms with E-state index in [1.165, 1.54) is 0 Å². The number of nitriles is 1. The molecule has 0 unspecified atom stereocenters. The minimum Gasteiger partial charge on any atom is -0.384 e. The number of aromatic amines is 1. The lowest BCUT2D eigenvalue weighted by Gasteiger charge is -2.10. The van der Waals surface area contributed by atoms with Crippen molar-refractivity contribution in [2.75, 3.05) is 5.73 Å². The molecule has 0 bridgehead atoms. The van der Waals surface area contributed by atoms with E-state index in [2.05, 4.69) is 11.1 Å². The number of rotatable bonds is 1. The van der Waals surface area contributed by atoms with Crippen LogP contribution in [-0.2, 0) is 0 Å². The summed E-state index contributed by atoms with van der Waals surface area (Å²) in [6.07, 6.45) is 0. The molecule has 2 aromatic rings. The minimum atomic E-state index is 0.321. The molecule has 1 aromatic heterocycles. The normalized spacial score (nSPS) is 9.88. The maximum absolute atomic E-state index is 9.19. The molecule has 0 fully saturated rings. The zero-order valence-electron chi connectivity index (χ0n) is 9.32. The van der Waals surface area contributed by atoms with E-state index in [4.69, 9.17) is 18.0 Å². The van der Waals surface area contributed by atoms with Crippen molar-refractivity contribution in [1.82, 2.24) is 4.98 Å². The van der Waals surface area contributed by atoms with E-state index < -0.39 is 0 Å². The first-order valence-electron chi connectivity index (χ1n) is 5.13. The zero-order chi connectivity index (χ0) is 12.4. The van der Waals surface area contributed by atoms with E-state index >= 15 is 0 Å². The van der Waals surface area contributed by atoms with Crippen LogP contribution in [0.2, 0.25) is 0 Å². The molecule has 0 spiro atoms. The van der Waals surface area contributed by atoms with Crippen LogP contribution in [0, 0.1) is 22.9 Å². The van der Waals surface area contributed by atoms with Crippen molar-refractivity contribution < 1.29 is 0 Å². The van der Waals surface area contributed by atoms with Crippen LogP contribution >= 0.6 is 12.2 Å². The highest BCUT2D eigenvalue weighted by atomic mass is 32.1. The van der Waals surface area contributed by atoms with Gasteiger partial charge in [0.25, 0.3) is 0 Å².